The van der Waals surface area contributed by atoms with Gasteiger partial charge in [-0.25, -0.2) is 5.43 Å². The lowest BCUT2D eigenvalue weighted by molar-refractivity contribution is -0.105. The summed E-state index contributed by atoms with van der Waals surface area (Å²) in [5.41, 5.74) is 8.21. The first-order chi connectivity index (χ1) is 13.3. The van der Waals surface area contributed by atoms with E-state index in [0.29, 0.717) is 11.3 Å². The maximum absolute atomic E-state index is 10.9. The molecule has 160 valence electrons. The fourth-order valence-electron chi connectivity index (χ4n) is 8.16. The van der Waals surface area contributed by atoms with Crippen molar-refractivity contribution in [2.75, 3.05) is 6.54 Å². The van der Waals surface area contributed by atoms with Crippen molar-refractivity contribution in [3.05, 3.63) is 11.6 Å². The summed E-state index contributed by atoms with van der Waals surface area (Å²) in [7, 11) is 0. The first kappa shape index (κ1) is 20.9. The Morgan fingerprint density at radius 2 is 1.89 bits per heavy atom. The normalized spacial score (nSPS) is 46.5. The highest BCUT2D eigenvalue weighted by atomic mass is 16.3. The van der Waals surface area contributed by atoms with Crippen molar-refractivity contribution < 1.29 is 5.11 Å². The van der Waals surface area contributed by atoms with Gasteiger partial charge in [-0.1, -0.05) is 60.0 Å². The number of hydrogen-bond acceptors (Lipinski definition) is 3. The lowest BCUT2D eigenvalue weighted by atomic mass is 9.48. The van der Waals surface area contributed by atoms with Crippen LogP contribution >= 0.6 is 0 Å². The fraction of sp³-hybridized carbons (Fsp3) is 0.920. The molecule has 4 aliphatic rings. The van der Waals surface area contributed by atoms with Crippen molar-refractivity contribution in [2.45, 2.75) is 92.2 Å². The summed E-state index contributed by atoms with van der Waals surface area (Å²) in [4.78, 5) is 0. The second-order valence-electron chi connectivity index (χ2n) is 11.6. The fourth-order valence-corrected chi connectivity index (χ4v) is 8.16. The molecule has 3 heteroatoms. The van der Waals surface area contributed by atoms with E-state index >= 15 is 0 Å². The van der Waals surface area contributed by atoms with Gasteiger partial charge in [0.15, 0.2) is 0 Å². The Labute approximate surface area is 173 Å². The zero-order chi connectivity index (χ0) is 20.1. The molecule has 0 aromatic rings. The van der Waals surface area contributed by atoms with E-state index in [1.165, 1.54) is 56.9 Å². The molecule has 1 saturated heterocycles. The van der Waals surface area contributed by atoms with Crippen LogP contribution < -0.4 is 10.9 Å². The smallest absolute Gasteiger partial charge is 0.126 e. The van der Waals surface area contributed by atoms with E-state index in [-0.39, 0.29) is 5.41 Å². The van der Waals surface area contributed by atoms with E-state index in [2.05, 4.69) is 51.5 Å². The minimum atomic E-state index is -0.461. The Bertz CT molecular complexity index is 601. The Kier molecular flexibility index (Phi) is 5.74. The van der Waals surface area contributed by atoms with Gasteiger partial charge in [0.2, 0.25) is 0 Å². The van der Waals surface area contributed by atoms with Crippen LogP contribution in [0.3, 0.4) is 0 Å². The molecule has 2 saturated carbocycles. The molecule has 0 radical (unpaired) electrons. The van der Waals surface area contributed by atoms with Gasteiger partial charge in [-0.2, -0.15) is 0 Å². The molecule has 0 spiro atoms. The molecule has 28 heavy (non-hydrogen) atoms. The number of rotatable bonds is 5. The molecule has 8 atom stereocenters. The molecule has 3 nitrogen and oxygen atoms in total. The van der Waals surface area contributed by atoms with Crippen LogP contribution in [0.15, 0.2) is 11.6 Å². The van der Waals surface area contributed by atoms with Crippen molar-refractivity contribution in [1.29, 1.82) is 0 Å². The summed E-state index contributed by atoms with van der Waals surface area (Å²) in [6.45, 7) is 13.1. The number of fused-ring (bicyclic) bond motifs is 5. The highest BCUT2D eigenvalue weighted by molar-refractivity contribution is 5.27. The first-order valence-corrected chi connectivity index (χ1v) is 12.1. The SMILES string of the molecule is CC(C)CCC[C@@H](C)[C@H]1CC[C@H]2[C@@H]3CC=C4CNNC(O)[C@]4(C)[C@H]3CC[C@]12C. The van der Waals surface area contributed by atoms with E-state index in [0.717, 1.165) is 36.1 Å². The maximum Gasteiger partial charge on any atom is 0.126 e. The highest BCUT2D eigenvalue weighted by Crippen LogP contribution is 2.66. The van der Waals surface area contributed by atoms with Gasteiger partial charge < -0.3 is 5.11 Å². The summed E-state index contributed by atoms with van der Waals surface area (Å²) < 4.78 is 0. The lowest BCUT2D eigenvalue weighted by Gasteiger charge is -2.59. The third-order valence-corrected chi connectivity index (χ3v) is 9.82. The van der Waals surface area contributed by atoms with Gasteiger partial charge in [-0.3, -0.25) is 5.43 Å². The summed E-state index contributed by atoms with van der Waals surface area (Å²) in [5.74, 6) is 4.84. The van der Waals surface area contributed by atoms with E-state index in [4.69, 9.17) is 0 Å². The van der Waals surface area contributed by atoms with Gasteiger partial charge in [-0.05, 0) is 78.6 Å². The van der Waals surface area contributed by atoms with Crippen molar-refractivity contribution in [3.63, 3.8) is 0 Å². The quantitative estimate of drug-likeness (QED) is 0.562. The Hall–Kier alpha value is -0.380. The van der Waals surface area contributed by atoms with Crippen LogP contribution in [-0.4, -0.2) is 17.9 Å². The van der Waals surface area contributed by atoms with Crippen LogP contribution in [0.5, 0.6) is 0 Å². The molecule has 3 fully saturated rings. The zero-order valence-electron chi connectivity index (χ0n) is 18.9. The number of hydrazine groups is 1. The Morgan fingerprint density at radius 3 is 2.64 bits per heavy atom. The van der Waals surface area contributed by atoms with Gasteiger partial charge in [-0.15, -0.1) is 0 Å². The number of nitrogens with one attached hydrogen (secondary N) is 2. The summed E-state index contributed by atoms with van der Waals surface area (Å²) in [6, 6.07) is 0. The average molecular weight is 389 g/mol. The first-order valence-electron chi connectivity index (χ1n) is 12.1. The summed E-state index contributed by atoms with van der Waals surface area (Å²) in [5, 5.41) is 10.9. The third kappa shape index (κ3) is 3.20. The molecule has 4 rings (SSSR count). The second-order valence-corrected chi connectivity index (χ2v) is 11.6. The highest BCUT2D eigenvalue weighted by Gasteiger charge is 2.60. The zero-order valence-corrected chi connectivity index (χ0v) is 18.9. The topological polar surface area (TPSA) is 44.3 Å². The van der Waals surface area contributed by atoms with Crippen LogP contribution in [0.2, 0.25) is 0 Å². The van der Waals surface area contributed by atoms with E-state index in [9.17, 15) is 5.11 Å². The van der Waals surface area contributed by atoms with Gasteiger partial charge in [0.25, 0.3) is 0 Å². The van der Waals surface area contributed by atoms with Crippen LogP contribution in [0, 0.1) is 46.3 Å². The summed E-state index contributed by atoms with van der Waals surface area (Å²) >= 11 is 0. The second kappa shape index (κ2) is 7.71. The molecular formula is C25H44N2O. The lowest BCUT2D eigenvalue weighted by Crippen LogP contribution is -2.63. The molecule has 0 aromatic heterocycles. The molecule has 3 N–H and O–H groups in total. The van der Waals surface area contributed by atoms with Crippen LogP contribution in [0.4, 0.5) is 0 Å². The third-order valence-electron chi connectivity index (χ3n) is 9.82. The van der Waals surface area contributed by atoms with Crippen molar-refractivity contribution in [3.8, 4) is 0 Å². The maximum atomic E-state index is 10.9. The van der Waals surface area contributed by atoms with Gasteiger partial charge in [0.1, 0.15) is 6.23 Å². The van der Waals surface area contributed by atoms with Crippen molar-refractivity contribution in [2.24, 2.45) is 46.3 Å². The Balaban J connectivity index is 1.51. The van der Waals surface area contributed by atoms with Crippen LogP contribution in [0.25, 0.3) is 0 Å². The van der Waals surface area contributed by atoms with E-state index in [1.807, 2.05) is 0 Å². The van der Waals surface area contributed by atoms with E-state index in [1.54, 1.807) is 0 Å². The molecule has 0 amide bonds. The monoisotopic (exact) mass is 388 g/mol. The molecule has 1 unspecified atom stereocenters. The molecule has 3 aliphatic carbocycles. The molecule has 1 aliphatic heterocycles. The van der Waals surface area contributed by atoms with Crippen molar-refractivity contribution in [1.82, 2.24) is 10.9 Å². The number of aliphatic hydroxyl groups is 1. The van der Waals surface area contributed by atoms with Crippen molar-refractivity contribution >= 4 is 0 Å². The standard InChI is InChI=1S/C25H44N2O/c1-16(2)7-6-8-17(3)20-11-12-21-19-10-9-18-15-26-27-23(28)25(18,5)22(19)13-14-24(20,21)4/h9,16-17,19-23,26-28H,6-8,10-15H2,1-5H3/t17-,19+,20-,21+,22+,23?,24-,25+/m1/s1. The molecule has 1 heterocycles. The Morgan fingerprint density at radius 1 is 1.11 bits per heavy atom. The minimum absolute atomic E-state index is 0.0868. The predicted molar refractivity (Wildman–Crippen MR) is 116 cm³/mol. The van der Waals surface area contributed by atoms with Gasteiger partial charge in [0, 0.05) is 12.0 Å². The van der Waals surface area contributed by atoms with Gasteiger partial charge in [0.05, 0.1) is 0 Å². The minimum Gasteiger partial charge on any atom is -0.376 e. The van der Waals surface area contributed by atoms with Gasteiger partial charge >= 0.3 is 0 Å². The van der Waals surface area contributed by atoms with Crippen LogP contribution in [-0.2, 0) is 0 Å². The largest absolute Gasteiger partial charge is 0.376 e. The number of hydrogen-bond donors (Lipinski definition) is 3. The molecule has 0 aromatic carbocycles. The summed E-state index contributed by atoms with van der Waals surface area (Å²) in [6.07, 6.45) is 13.0. The average Bonchev–Trinajstić information content (AvgIpc) is 3.00. The van der Waals surface area contributed by atoms with Crippen LogP contribution in [0.1, 0.15) is 86.0 Å². The van der Waals surface area contributed by atoms with E-state index < -0.39 is 6.23 Å². The predicted octanol–water partition coefficient (Wildman–Crippen LogP) is 5.27. The number of aliphatic hydroxyl groups excluding tert-OH is 1. The molecular weight excluding hydrogens is 344 g/mol. The number of allylic oxidation sites excluding steroid dienone is 1. The molecule has 0 bridgehead atoms.